The lowest BCUT2D eigenvalue weighted by atomic mass is 10.2. The number of aryl methyl sites for hydroxylation is 2. The Balaban J connectivity index is 2.26. The first-order chi connectivity index (χ1) is 11.0. The first-order valence-electron chi connectivity index (χ1n) is 7.44. The molecular formula is C18H20N4O. The highest BCUT2D eigenvalue weighted by atomic mass is 16.5. The van der Waals surface area contributed by atoms with Gasteiger partial charge in [0.1, 0.15) is 5.75 Å². The molecule has 0 atom stereocenters. The van der Waals surface area contributed by atoms with Crippen LogP contribution in [0.3, 0.4) is 0 Å². The van der Waals surface area contributed by atoms with Crippen LogP contribution in [0.2, 0.25) is 0 Å². The van der Waals surface area contributed by atoms with E-state index in [0.29, 0.717) is 17.2 Å². The van der Waals surface area contributed by atoms with Crippen LogP contribution in [-0.4, -0.2) is 29.8 Å². The second kappa shape index (κ2) is 7.41. The van der Waals surface area contributed by atoms with Crippen molar-refractivity contribution in [3.05, 3.63) is 47.2 Å². The highest BCUT2D eigenvalue weighted by molar-refractivity contribution is 5.63. The van der Waals surface area contributed by atoms with E-state index in [1.165, 1.54) is 0 Å². The molecule has 0 bridgehead atoms. The maximum atomic E-state index is 8.95. The van der Waals surface area contributed by atoms with Crippen molar-refractivity contribution in [2.24, 2.45) is 4.99 Å². The van der Waals surface area contributed by atoms with Gasteiger partial charge in [0, 0.05) is 19.2 Å². The average molecular weight is 308 g/mol. The zero-order chi connectivity index (χ0) is 16.8. The summed E-state index contributed by atoms with van der Waals surface area (Å²) >= 11 is 0. The summed E-state index contributed by atoms with van der Waals surface area (Å²) in [4.78, 5) is 10.9. The van der Waals surface area contributed by atoms with E-state index < -0.39 is 0 Å². The third kappa shape index (κ3) is 4.30. The summed E-state index contributed by atoms with van der Waals surface area (Å²) < 4.78 is 5.81. The molecule has 0 saturated carbocycles. The fourth-order valence-electron chi connectivity index (χ4n) is 1.89. The molecule has 5 heteroatoms. The summed E-state index contributed by atoms with van der Waals surface area (Å²) in [7, 11) is 1.97. The van der Waals surface area contributed by atoms with Crippen molar-refractivity contribution < 1.29 is 4.74 Å². The van der Waals surface area contributed by atoms with Crippen LogP contribution in [0.15, 0.2) is 35.3 Å². The van der Waals surface area contributed by atoms with Crippen LogP contribution >= 0.6 is 0 Å². The van der Waals surface area contributed by atoms with Gasteiger partial charge < -0.3 is 9.64 Å². The van der Waals surface area contributed by atoms with Crippen LogP contribution in [0.25, 0.3) is 0 Å². The number of nitrogens with zero attached hydrogens (tertiary/aromatic N) is 4. The van der Waals surface area contributed by atoms with E-state index in [0.717, 1.165) is 23.5 Å². The summed E-state index contributed by atoms with van der Waals surface area (Å²) in [5.74, 6) is 1.13. The van der Waals surface area contributed by atoms with Gasteiger partial charge in [0.15, 0.2) is 0 Å². The lowest BCUT2D eigenvalue weighted by molar-refractivity contribution is 0.457. The van der Waals surface area contributed by atoms with E-state index >= 15 is 0 Å². The van der Waals surface area contributed by atoms with E-state index in [1.807, 2.05) is 31.9 Å². The van der Waals surface area contributed by atoms with Gasteiger partial charge in [0.2, 0.25) is 5.88 Å². The Kier molecular flexibility index (Phi) is 5.32. The van der Waals surface area contributed by atoms with Crippen LogP contribution in [0.1, 0.15) is 23.7 Å². The van der Waals surface area contributed by atoms with Crippen LogP contribution in [0.5, 0.6) is 11.6 Å². The zero-order valence-electron chi connectivity index (χ0n) is 13.9. The molecule has 0 saturated heterocycles. The number of rotatable bonds is 5. The zero-order valence-corrected chi connectivity index (χ0v) is 13.9. The monoisotopic (exact) mass is 308 g/mol. The van der Waals surface area contributed by atoms with Gasteiger partial charge >= 0.3 is 0 Å². The predicted octanol–water partition coefficient (Wildman–Crippen LogP) is 3.97. The summed E-state index contributed by atoms with van der Waals surface area (Å²) in [5.41, 5.74) is 3.06. The molecule has 0 aliphatic heterocycles. The molecular weight excluding hydrogens is 288 g/mol. The molecule has 1 heterocycles. The predicted molar refractivity (Wildman–Crippen MR) is 91.4 cm³/mol. The number of aliphatic imine (C=N–C) groups is 1. The molecule has 0 fully saturated rings. The molecule has 2 aromatic rings. The molecule has 1 aromatic heterocycles. The first-order valence-corrected chi connectivity index (χ1v) is 7.44. The van der Waals surface area contributed by atoms with E-state index in [2.05, 4.69) is 23.0 Å². The quantitative estimate of drug-likeness (QED) is 0.619. The van der Waals surface area contributed by atoms with Crippen molar-refractivity contribution in [2.45, 2.75) is 20.8 Å². The fraction of sp³-hybridized carbons (Fsp3) is 0.278. The molecule has 0 amide bonds. The highest BCUT2D eigenvalue weighted by Gasteiger charge is 2.08. The van der Waals surface area contributed by atoms with Gasteiger partial charge in [0.05, 0.1) is 29.4 Å². The normalized spacial score (nSPS) is 10.6. The molecule has 0 aliphatic carbocycles. The number of nitriles is 1. The standard InChI is InChI=1S/C18H20N4O/c1-5-22(4)12-20-17-9-13(2)18(21-14(17)3)23-16-8-6-7-15(10-16)11-19/h6-10,12H,5H2,1-4H3. The Labute approximate surface area is 136 Å². The Bertz CT molecular complexity index is 762. The fourth-order valence-corrected chi connectivity index (χ4v) is 1.89. The Morgan fingerprint density at radius 2 is 2.13 bits per heavy atom. The third-order valence-corrected chi connectivity index (χ3v) is 3.40. The largest absolute Gasteiger partial charge is 0.439 e. The van der Waals surface area contributed by atoms with Gasteiger partial charge in [-0.25, -0.2) is 9.98 Å². The van der Waals surface area contributed by atoms with Gasteiger partial charge in [-0.3, -0.25) is 0 Å². The van der Waals surface area contributed by atoms with Crippen molar-refractivity contribution in [1.29, 1.82) is 5.26 Å². The maximum Gasteiger partial charge on any atom is 0.222 e. The SMILES string of the molecule is CCN(C)C=Nc1cc(C)c(Oc2cccc(C#N)c2)nc1C. The average Bonchev–Trinajstić information content (AvgIpc) is 2.56. The maximum absolute atomic E-state index is 8.95. The minimum absolute atomic E-state index is 0.528. The van der Waals surface area contributed by atoms with E-state index in [1.54, 1.807) is 30.6 Å². The molecule has 0 aliphatic rings. The molecule has 1 aromatic carbocycles. The Morgan fingerprint density at radius 1 is 1.35 bits per heavy atom. The number of hydrogen-bond donors (Lipinski definition) is 0. The molecule has 0 radical (unpaired) electrons. The van der Waals surface area contributed by atoms with Crippen molar-refractivity contribution in [2.75, 3.05) is 13.6 Å². The molecule has 5 nitrogen and oxygen atoms in total. The van der Waals surface area contributed by atoms with Crippen LogP contribution in [0.4, 0.5) is 5.69 Å². The summed E-state index contributed by atoms with van der Waals surface area (Å²) in [5, 5.41) is 8.95. The second-order valence-electron chi connectivity index (χ2n) is 5.27. The van der Waals surface area contributed by atoms with Crippen LogP contribution < -0.4 is 4.74 Å². The minimum Gasteiger partial charge on any atom is -0.439 e. The molecule has 2 rings (SSSR count). The number of benzene rings is 1. The minimum atomic E-state index is 0.528. The number of pyridine rings is 1. The summed E-state index contributed by atoms with van der Waals surface area (Å²) in [6.07, 6.45) is 1.79. The molecule has 23 heavy (non-hydrogen) atoms. The number of hydrogen-bond acceptors (Lipinski definition) is 4. The van der Waals surface area contributed by atoms with Crippen molar-refractivity contribution in [3.8, 4) is 17.7 Å². The number of ether oxygens (including phenoxy) is 1. The lowest BCUT2D eigenvalue weighted by Crippen LogP contribution is -2.14. The van der Waals surface area contributed by atoms with Crippen LogP contribution in [-0.2, 0) is 0 Å². The molecule has 0 spiro atoms. The van der Waals surface area contributed by atoms with E-state index in [-0.39, 0.29) is 0 Å². The van der Waals surface area contributed by atoms with Crippen molar-refractivity contribution in [1.82, 2.24) is 9.88 Å². The second-order valence-corrected chi connectivity index (χ2v) is 5.27. The van der Waals surface area contributed by atoms with Crippen molar-refractivity contribution in [3.63, 3.8) is 0 Å². The molecule has 0 N–H and O–H groups in total. The summed E-state index contributed by atoms with van der Waals surface area (Å²) in [6, 6.07) is 11.1. The summed E-state index contributed by atoms with van der Waals surface area (Å²) in [6.45, 7) is 6.79. The van der Waals surface area contributed by atoms with Gasteiger partial charge in [-0.15, -0.1) is 0 Å². The smallest absolute Gasteiger partial charge is 0.222 e. The molecule has 118 valence electrons. The number of aromatic nitrogens is 1. The van der Waals surface area contributed by atoms with Gasteiger partial charge in [-0.1, -0.05) is 6.07 Å². The van der Waals surface area contributed by atoms with Gasteiger partial charge in [-0.2, -0.15) is 5.26 Å². The highest BCUT2D eigenvalue weighted by Crippen LogP contribution is 2.28. The van der Waals surface area contributed by atoms with Gasteiger partial charge in [-0.05, 0) is 45.0 Å². The first kappa shape index (κ1) is 16.5. The third-order valence-electron chi connectivity index (χ3n) is 3.40. The lowest BCUT2D eigenvalue weighted by Gasteiger charge is -2.11. The Hall–Kier alpha value is -2.87. The van der Waals surface area contributed by atoms with E-state index in [4.69, 9.17) is 10.00 Å². The van der Waals surface area contributed by atoms with Gasteiger partial charge in [0.25, 0.3) is 0 Å². The van der Waals surface area contributed by atoms with Crippen LogP contribution in [0, 0.1) is 25.2 Å². The van der Waals surface area contributed by atoms with E-state index in [9.17, 15) is 0 Å². The van der Waals surface area contributed by atoms with Crippen molar-refractivity contribution >= 4 is 12.0 Å². The topological polar surface area (TPSA) is 61.5 Å². The Morgan fingerprint density at radius 3 is 2.83 bits per heavy atom. The molecule has 0 unspecified atom stereocenters.